The molecule has 0 unspecified atom stereocenters. The number of nitrogens with zero attached hydrogens (tertiary/aromatic N) is 1. The number of aryl methyl sites for hydroxylation is 1. The van der Waals surface area contributed by atoms with Crippen LogP contribution < -0.4 is 15.1 Å². The van der Waals surface area contributed by atoms with E-state index in [1.807, 2.05) is 24.3 Å². The maximum Gasteiger partial charge on any atom is 0.339 e. The van der Waals surface area contributed by atoms with Crippen LogP contribution in [0.25, 0.3) is 11.0 Å². The maximum atomic E-state index is 12.4. The van der Waals surface area contributed by atoms with Crippen LogP contribution in [0, 0.1) is 0 Å². The molecule has 3 aromatic rings. The first-order valence-corrected chi connectivity index (χ1v) is 9.31. The molecule has 138 valence electrons. The number of benzene rings is 2. The largest absolute Gasteiger partial charge is 0.497 e. The highest BCUT2D eigenvalue weighted by atomic mass is 16.5. The summed E-state index contributed by atoms with van der Waals surface area (Å²) in [5, 5.41) is 1.07. The first kappa shape index (κ1) is 16.4. The minimum atomic E-state index is -0.185. The van der Waals surface area contributed by atoms with Crippen molar-refractivity contribution in [1.82, 2.24) is 4.90 Å². The van der Waals surface area contributed by atoms with Crippen molar-refractivity contribution in [3.63, 3.8) is 0 Å². The van der Waals surface area contributed by atoms with Gasteiger partial charge in [-0.3, -0.25) is 4.90 Å². The van der Waals surface area contributed by atoms with E-state index in [1.54, 1.807) is 7.11 Å². The van der Waals surface area contributed by atoms with Crippen molar-refractivity contribution < 1.29 is 13.9 Å². The molecular formula is C22H21NO4. The minimum Gasteiger partial charge on any atom is -0.497 e. The van der Waals surface area contributed by atoms with Gasteiger partial charge in [0, 0.05) is 24.0 Å². The molecule has 0 spiro atoms. The summed E-state index contributed by atoms with van der Waals surface area (Å²) in [5.41, 5.74) is 4.68. The molecule has 27 heavy (non-hydrogen) atoms. The third-order valence-corrected chi connectivity index (χ3v) is 5.55. The summed E-state index contributed by atoms with van der Waals surface area (Å²) in [6.07, 6.45) is 2.80. The molecule has 0 saturated heterocycles. The van der Waals surface area contributed by atoms with Gasteiger partial charge in [0.05, 0.1) is 12.7 Å². The fourth-order valence-electron chi connectivity index (χ4n) is 4.19. The smallest absolute Gasteiger partial charge is 0.339 e. The molecular weight excluding hydrogens is 342 g/mol. The quantitative estimate of drug-likeness (QED) is 0.665. The lowest BCUT2D eigenvalue weighted by atomic mass is 10.0. The van der Waals surface area contributed by atoms with Crippen molar-refractivity contribution in [2.45, 2.75) is 32.4 Å². The molecule has 2 aromatic carbocycles. The maximum absolute atomic E-state index is 12.4. The SMILES string of the molecule is COc1ccc(CN2COc3ccc4c5c(c(=O)oc4c3C2)CCC5)cc1. The van der Waals surface area contributed by atoms with Gasteiger partial charge in [-0.15, -0.1) is 0 Å². The van der Waals surface area contributed by atoms with Crippen molar-refractivity contribution in [1.29, 1.82) is 0 Å². The average Bonchev–Trinajstić information content (AvgIpc) is 3.19. The number of hydrogen-bond acceptors (Lipinski definition) is 5. The van der Waals surface area contributed by atoms with E-state index in [1.165, 1.54) is 5.56 Å². The lowest BCUT2D eigenvalue weighted by Gasteiger charge is -2.29. The molecule has 5 rings (SSSR count). The van der Waals surface area contributed by atoms with Crippen molar-refractivity contribution in [3.05, 3.63) is 69.1 Å². The van der Waals surface area contributed by atoms with Gasteiger partial charge in [-0.1, -0.05) is 12.1 Å². The predicted octanol–water partition coefficient (Wildman–Crippen LogP) is 3.64. The normalized spacial score (nSPS) is 16.0. The zero-order valence-corrected chi connectivity index (χ0v) is 15.3. The molecule has 5 heteroatoms. The zero-order valence-electron chi connectivity index (χ0n) is 15.3. The van der Waals surface area contributed by atoms with Gasteiger partial charge in [0.25, 0.3) is 0 Å². The predicted molar refractivity (Wildman–Crippen MR) is 102 cm³/mol. The molecule has 0 amide bonds. The van der Waals surface area contributed by atoms with Crippen LogP contribution in [0.2, 0.25) is 0 Å². The van der Waals surface area contributed by atoms with Crippen LogP contribution in [0.1, 0.15) is 28.7 Å². The van der Waals surface area contributed by atoms with Gasteiger partial charge in [-0.05, 0) is 54.7 Å². The molecule has 1 aliphatic carbocycles. The summed E-state index contributed by atoms with van der Waals surface area (Å²) in [6.45, 7) is 1.97. The fraction of sp³-hybridized carbons (Fsp3) is 0.318. The Morgan fingerprint density at radius 2 is 1.85 bits per heavy atom. The fourth-order valence-corrected chi connectivity index (χ4v) is 4.19. The molecule has 2 aliphatic rings. The van der Waals surface area contributed by atoms with E-state index in [0.717, 1.165) is 59.4 Å². The van der Waals surface area contributed by atoms with Gasteiger partial charge in [0.15, 0.2) is 0 Å². The van der Waals surface area contributed by atoms with E-state index in [0.29, 0.717) is 18.9 Å². The number of methoxy groups -OCH3 is 1. The lowest BCUT2D eigenvalue weighted by molar-refractivity contribution is 0.0889. The van der Waals surface area contributed by atoms with Crippen LogP contribution >= 0.6 is 0 Å². The molecule has 0 fully saturated rings. The minimum absolute atomic E-state index is 0.185. The Labute approximate surface area is 157 Å². The molecule has 0 radical (unpaired) electrons. The Morgan fingerprint density at radius 3 is 2.67 bits per heavy atom. The van der Waals surface area contributed by atoms with E-state index in [2.05, 4.69) is 17.0 Å². The molecule has 1 aromatic heterocycles. The summed E-state index contributed by atoms with van der Waals surface area (Å²) in [4.78, 5) is 14.6. The second kappa shape index (κ2) is 6.43. The van der Waals surface area contributed by atoms with Gasteiger partial charge in [-0.25, -0.2) is 4.79 Å². The van der Waals surface area contributed by atoms with E-state index in [9.17, 15) is 4.79 Å². The number of rotatable bonds is 3. The Morgan fingerprint density at radius 1 is 1.04 bits per heavy atom. The van der Waals surface area contributed by atoms with Gasteiger partial charge in [-0.2, -0.15) is 0 Å². The van der Waals surface area contributed by atoms with Crippen LogP contribution in [0.4, 0.5) is 0 Å². The lowest BCUT2D eigenvalue weighted by Crippen LogP contribution is -2.31. The Hall–Kier alpha value is -2.79. The van der Waals surface area contributed by atoms with E-state index in [-0.39, 0.29) is 5.63 Å². The molecule has 0 N–H and O–H groups in total. The summed E-state index contributed by atoms with van der Waals surface area (Å²) in [7, 11) is 1.67. The van der Waals surface area contributed by atoms with E-state index < -0.39 is 0 Å². The van der Waals surface area contributed by atoms with Crippen LogP contribution in [-0.4, -0.2) is 18.7 Å². The summed E-state index contributed by atoms with van der Waals surface area (Å²) in [6, 6.07) is 12.1. The van der Waals surface area contributed by atoms with Gasteiger partial charge in [0.2, 0.25) is 0 Å². The highest BCUT2D eigenvalue weighted by Gasteiger charge is 2.25. The van der Waals surface area contributed by atoms with Crippen LogP contribution in [-0.2, 0) is 25.9 Å². The molecule has 0 bridgehead atoms. The highest BCUT2D eigenvalue weighted by molar-refractivity contribution is 5.86. The molecule has 5 nitrogen and oxygen atoms in total. The number of hydrogen-bond donors (Lipinski definition) is 0. The number of ether oxygens (including phenoxy) is 2. The summed E-state index contributed by atoms with van der Waals surface area (Å²) >= 11 is 0. The average molecular weight is 363 g/mol. The Bertz CT molecular complexity index is 1070. The zero-order chi connectivity index (χ0) is 18.4. The Kier molecular flexibility index (Phi) is 3.90. The van der Waals surface area contributed by atoms with Gasteiger partial charge < -0.3 is 13.9 Å². The first-order valence-electron chi connectivity index (χ1n) is 9.31. The van der Waals surface area contributed by atoms with E-state index >= 15 is 0 Å². The van der Waals surface area contributed by atoms with Crippen molar-refractivity contribution in [2.75, 3.05) is 13.8 Å². The van der Waals surface area contributed by atoms with Crippen LogP contribution in [0.5, 0.6) is 11.5 Å². The highest BCUT2D eigenvalue weighted by Crippen LogP contribution is 2.36. The second-order valence-corrected chi connectivity index (χ2v) is 7.23. The standard InChI is InChI=1S/C22H21NO4/c1-25-15-7-5-14(6-8-15)11-23-12-19-20(26-13-23)10-9-17-16-3-2-4-18(16)22(24)27-21(17)19/h5-10H,2-4,11-13H2,1H3. The van der Waals surface area contributed by atoms with Gasteiger partial charge in [0.1, 0.15) is 23.8 Å². The third-order valence-electron chi connectivity index (χ3n) is 5.55. The van der Waals surface area contributed by atoms with E-state index in [4.69, 9.17) is 13.9 Å². The van der Waals surface area contributed by atoms with Crippen molar-refractivity contribution in [3.8, 4) is 11.5 Å². The van der Waals surface area contributed by atoms with Crippen molar-refractivity contribution in [2.24, 2.45) is 0 Å². The van der Waals surface area contributed by atoms with Gasteiger partial charge >= 0.3 is 5.63 Å². The third kappa shape index (κ3) is 2.79. The molecule has 1 aliphatic heterocycles. The second-order valence-electron chi connectivity index (χ2n) is 7.23. The first-order chi connectivity index (χ1) is 13.2. The molecule has 0 atom stereocenters. The number of fused-ring (bicyclic) bond motifs is 5. The topological polar surface area (TPSA) is 51.9 Å². The summed E-state index contributed by atoms with van der Waals surface area (Å²) < 4.78 is 16.9. The monoisotopic (exact) mass is 363 g/mol. The van der Waals surface area contributed by atoms with Crippen LogP contribution in [0.15, 0.2) is 45.6 Å². The molecule has 2 heterocycles. The Balaban J connectivity index is 1.49. The van der Waals surface area contributed by atoms with Crippen LogP contribution in [0.3, 0.4) is 0 Å². The van der Waals surface area contributed by atoms with Crippen molar-refractivity contribution >= 4 is 11.0 Å². The summed E-state index contributed by atoms with van der Waals surface area (Å²) in [5.74, 6) is 1.66. The molecule has 0 saturated carbocycles.